The number of alkyl halides is 3. The molecule has 0 unspecified atom stereocenters. The maximum Gasteiger partial charge on any atom is 0.573 e. The van der Waals surface area contributed by atoms with E-state index in [-0.39, 0.29) is 5.75 Å². The van der Waals surface area contributed by atoms with Crippen LogP contribution in [-0.4, -0.2) is 30.1 Å². The maximum absolute atomic E-state index is 13.2. The summed E-state index contributed by atoms with van der Waals surface area (Å²) in [5, 5.41) is 1.80. The van der Waals surface area contributed by atoms with Crippen LogP contribution in [0.1, 0.15) is 31.7 Å². The fourth-order valence-corrected chi connectivity index (χ4v) is 6.09. The van der Waals surface area contributed by atoms with Crippen molar-refractivity contribution in [1.82, 2.24) is 9.55 Å². The number of hydrogen-bond acceptors (Lipinski definition) is 3. The second kappa shape index (κ2) is 12.3. The summed E-state index contributed by atoms with van der Waals surface area (Å²) in [6, 6.07) is 26.6. The molecule has 232 valence electrons. The molecule has 6 rings (SSSR count). The van der Waals surface area contributed by atoms with Crippen LogP contribution in [0.15, 0.2) is 84.9 Å². The Hall–Kier alpha value is -4.85. The molecule has 45 heavy (non-hydrogen) atoms. The quantitative estimate of drug-likeness (QED) is 0.157. The van der Waals surface area contributed by atoms with Crippen molar-refractivity contribution in [3.05, 3.63) is 90.5 Å². The molecule has 2 aromatic heterocycles. The van der Waals surface area contributed by atoms with E-state index in [1.807, 2.05) is 37.4 Å². The van der Waals surface area contributed by atoms with Gasteiger partial charge >= 0.3 is 6.36 Å². The molecule has 0 atom stereocenters. The van der Waals surface area contributed by atoms with Crippen LogP contribution in [0.3, 0.4) is 0 Å². The van der Waals surface area contributed by atoms with E-state index in [0.29, 0.717) is 22.8 Å². The van der Waals surface area contributed by atoms with Crippen LogP contribution in [0.5, 0.6) is 17.2 Å². The molecular weight excluding hydrogens is 577 g/mol. The standard InChI is InChI=1S/C37H35F3N2O3/c1-5-6-7-10-23-13-15-24(16-14-23)31-22-28-29(20-26(43-3)21-32(28)42(31)2)35-34(44-4)18-17-25-19-30(41-36(25)35)27-11-8-9-12-33(27)45-37(38,39)40/h8-9,11-22,41H,5-7,10H2,1-4H3. The summed E-state index contributed by atoms with van der Waals surface area (Å²) < 4.78 is 57.8. The number of hydrogen-bond donors (Lipinski definition) is 1. The van der Waals surface area contributed by atoms with E-state index in [4.69, 9.17) is 9.47 Å². The molecule has 4 aromatic carbocycles. The van der Waals surface area contributed by atoms with Crippen molar-refractivity contribution in [2.24, 2.45) is 7.05 Å². The fourth-order valence-electron chi connectivity index (χ4n) is 6.09. The molecule has 8 heteroatoms. The van der Waals surface area contributed by atoms with Gasteiger partial charge in [0.2, 0.25) is 0 Å². The van der Waals surface area contributed by atoms with Gasteiger partial charge in [0, 0.05) is 46.3 Å². The van der Waals surface area contributed by atoms with Crippen LogP contribution in [0.2, 0.25) is 0 Å². The third-order valence-corrected chi connectivity index (χ3v) is 8.34. The molecule has 0 bridgehead atoms. The van der Waals surface area contributed by atoms with Crippen LogP contribution in [-0.2, 0) is 13.5 Å². The zero-order valence-electron chi connectivity index (χ0n) is 25.7. The maximum atomic E-state index is 13.2. The molecule has 0 aliphatic rings. The number of benzene rings is 4. The van der Waals surface area contributed by atoms with Crippen molar-refractivity contribution in [3.8, 4) is 50.9 Å². The molecule has 0 radical (unpaired) electrons. The lowest BCUT2D eigenvalue weighted by Crippen LogP contribution is -2.17. The average Bonchev–Trinajstić information content (AvgIpc) is 3.61. The number of fused-ring (bicyclic) bond motifs is 2. The molecule has 1 N–H and O–H groups in total. The molecule has 0 aliphatic carbocycles. The number of para-hydroxylation sites is 1. The third kappa shape index (κ3) is 5.97. The summed E-state index contributed by atoms with van der Waals surface area (Å²) in [5.74, 6) is 1.01. The van der Waals surface area contributed by atoms with Gasteiger partial charge in [-0.15, -0.1) is 13.2 Å². The first-order valence-electron chi connectivity index (χ1n) is 15.0. The Morgan fingerprint density at radius 1 is 0.800 bits per heavy atom. The Labute approximate surface area is 260 Å². The summed E-state index contributed by atoms with van der Waals surface area (Å²) in [5.41, 5.74) is 7.62. The third-order valence-electron chi connectivity index (χ3n) is 8.34. The highest BCUT2D eigenvalue weighted by molar-refractivity contribution is 6.09. The molecule has 0 aliphatic heterocycles. The highest BCUT2D eigenvalue weighted by atomic mass is 19.4. The topological polar surface area (TPSA) is 48.4 Å². The SMILES string of the molecule is CCCCCc1ccc(-c2cc3c(-c4c(OC)ccc5cc(-c6ccccc6OC(F)(F)F)[nH]c45)cc(OC)cc3n2C)cc1. The first-order chi connectivity index (χ1) is 21.7. The molecule has 2 heterocycles. The minimum atomic E-state index is -4.82. The number of nitrogens with one attached hydrogen (secondary N) is 1. The van der Waals surface area contributed by atoms with Crippen molar-refractivity contribution >= 4 is 21.8 Å². The molecular formula is C37H35F3N2O3. The number of halogens is 3. The highest BCUT2D eigenvalue weighted by Gasteiger charge is 2.32. The average molecular weight is 613 g/mol. The lowest BCUT2D eigenvalue weighted by Gasteiger charge is -2.14. The van der Waals surface area contributed by atoms with E-state index in [1.54, 1.807) is 26.4 Å². The summed E-state index contributed by atoms with van der Waals surface area (Å²) in [6.45, 7) is 2.21. The molecule has 0 amide bonds. The van der Waals surface area contributed by atoms with Crippen LogP contribution in [0, 0.1) is 0 Å². The summed E-state index contributed by atoms with van der Waals surface area (Å²) in [4.78, 5) is 3.39. The van der Waals surface area contributed by atoms with Gasteiger partial charge in [-0.2, -0.15) is 0 Å². The van der Waals surface area contributed by atoms with Gasteiger partial charge in [-0.3, -0.25) is 0 Å². The number of methoxy groups -OCH3 is 2. The monoisotopic (exact) mass is 612 g/mol. The number of nitrogens with zero attached hydrogens (tertiary/aromatic N) is 1. The van der Waals surface area contributed by atoms with Crippen LogP contribution in [0.4, 0.5) is 13.2 Å². The van der Waals surface area contributed by atoms with E-state index < -0.39 is 6.36 Å². The van der Waals surface area contributed by atoms with Gasteiger partial charge in [-0.05, 0) is 66.4 Å². The normalized spacial score (nSPS) is 11.8. The second-order valence-electron chi connectivity index (χ2n) is 11.2. The zero-order chi connectivity index (χ0) is 31.7. The van der Waals surface area contributed by atoms with Crippen molar-refractivity contribution in [3.63, 3.8) is 0 Å². The lowest BCUT2D eigenvalue weighted by molar-refractivity contribution is -0.274. The van der Waals surface area contributed by atoms with Gasteiger partial charge in [0.15, 0.2) is 0 Å². The van der Waals surface area contributed by atoms with Crippen molar-refractivity contribution in [1.29, 1.82) is 0 Å². The Balaban J connectivity index is 1.52. The minimum absolute atomic E-state index is 0.280. The first kappa shape index (κ1) is 30.2. The summed E-state index contributed by atoms with van der Waals surface area (Å²) in [6.07, 6.45) is -0.145. The summed E-state index contributed by atoms with van der Waals surface area (Å²) in [7, 11) is 5.28. The van der Waals surface area contributed by atoms with Crippen molar-refractivity contribution in [2.75, 3.05) is 14.2 Å². The second-order valence-corrected chi connectivity index (χ2v) is 11.2. The van der Waals surface area contributed by atoms with E-state index in [0.717, 1.165) is 50.6 Å². The van der Waals surface area contributed by atoms with E-state index >= 15 is 0 Å². The molecule has 0 spiro atoms. The number of aromatic nitrogens is 2. The Kier molecular flexibility index (Phi) is 8.23. The zero-order valence-corrected chi connectivity index (χ0v) is 25.7. The van der Waals surface area contributed by atoms with E-state index in [9.17, 15) is 13.2 Å². The van der Waals surface area contributed by atoms with Gasteiger partial charge < -0.3 is 23.8 Å². The van der Waals surface area contributed by atoms with Gasteiger partial charge in [-0.25, -0.2) is 0 Å². The Bertz CT molecular complexity index is 1970. The predicted molar refractivity (Wildman–Crippen MR) is 174 cm³/mol. The number of H-pyrrole nitrogens is 1. The first-order valence-corrected chi connectivity index (χ1v) is 15.0. The number of aryl methyl sites for hydroxylation is 2. The predicted octanol–water partition coefficient (Wildman–Crippen LogP) is 10.3. The van der Waals surface area contributed by atoms with Gasteiger partial charge in [-0.1, -0.05) is 56.2 Å². The van der Waals surface area contributed by atoms with Crippen LogP contribution < -0.4 is 14.2 Å². The van der Waals surface area contributed by atoms with Gasteiger partial charge in [0.1, 0.15) is 17.2 Å². The minimum Gasteiger partial charge on any atom is -0.497 e. The molecule has 5 nitrogen and oxygen atoms in total. The fraction of sp³-hybridized carbons (Fsp3) is 0.243. The number of ether oxygens (including phenoxy) is 3. The molecule has 0 saturated carbocycles. The van der Waals surface area contributed by atoms with E-state index in [2.05, 4.69) is 51.5 Å². The van der Waals surface area contributed by atoms with Gasteiger partial charge in [0.05, 0.1) is 30.9 Å². The number of unbranched alkanes of at least 4 members (excludes halogenated alkanes) is 2. The lowest BCUT2D eigenvalue weighted by atomic mass is 9.97. The largest absolute Gasteiger partial charge is 0.573 e. The number of aromatic amines is 1. The van der Waals surface area contributed by atoms with Crippen molar-refractivity contribution in [2.45, 2.75) is 39.0 Å². The number of rotatable bonds is 10. The molecule has 0 fully saturated rings. The smallest absolute Gasteiger partial charge is 0.497 e. The highest BCUT2D eigenvalue weighted by Crippen LogP contribution is 2.45. The van der Waals surface area contributed by atoms with Crippen LogP contribution in [0.25, 0.3) is 55.4 Å². The van der Waals surface area contributed by atoms with Crippen LogP contribution >= 0.6 is 0 Å². The van der Waals surface area contributed by atoms with E-state index in [1.165, 1.54) is 37.0 Å². The Morgan fingerprint density at radius 3 is 2.29 bits per heavy atom. The molecule has 0 saturated heterocycles. The Morgan fingerprint density at radius 2 is 1.58 bits per heavy atom. The summed E-state index contributed by atoms with van der Waals surface area (Å²) >= 11 is 0. The van der Waals surface area contributed by atoms with Crippen molar-refractivity contribution < 1.29 is 27.4 Å². The van der Waals surface area contributed by atoms with Gasteiger partial charge in [0.25, 0.3) is 0 Å². The molecule has 6 aromatic rings.